The summed E-state index contributed by atoms with van der Waals surface area (Å²) in [6, 6.07) is 17.0. The summed E-state index contributed by atoms with van der Waals surface area (Å²) < 4.78 is 40.0. The standard InChI is InChI=1S/C21H15F2NO4/c1-26-19-10-12(6-8-18(19)28-21(22)23)20(25)24-13-7-9-17-15(11-13)14-4-2-3-5-16(14)27-17/h2-11,21H,1H3,(H,24,25). The highest BCUT2D eigenvalue weighted by Crippen LogP contribution is 2.32. The molecule has 0 aliphatic carbocycles. The van der Waals surface area contributed by atoms with Crippen molar-refractivity contribution < 1.29 is 27.5 Å². The van der Waals surface area contributed by atoms with E-state index in [1.165, 1.54) is 25.3 Å². The van der Waals surface area contributed by atoms with Crippen LogP contribution in [0.3, 0.4) is 0 Å². The maximum absolute atomic E-state index is 12.6. The largest absolute Gasteiger partial charge is 0.493 e. The predicted molar refractivity (Wildman–Crippen MR) is 101 cm³/mol. The van der Waals surface area contributed by atoms with Crippen molar-refractivity contribution in [2.24, 2.45) is 0 Å². The minimum Gasteiger partial charge on any atom is -0.493 e. The fraction of sp³-hybridized carbons (Fsp3) is 0.0952. The van der Waals surface area contributed by atoms with Crippen molar-refractivity contribution in [2.75, 3.05) is 12.4 Å². The first-order valence-electron chi connectivity index (χ1n) is 8.40. The third-order valence-electron chi connectivity index (χ3n) is 4.28. The van der Waals surface area contributed by atoms with Crippen molar-refractivity contribution in [3.8, 4) is 11.5 Å². The van der Waals surface area contributed by atoms with Crippen molar-refractivity contribution in [3.63, 3.8) is 0 Å². The number of hydrogen-bond donors (Lipinski definition) is 1. The van der Waals surface area contributed by atoms with Crippen molar-refractivity contribution in [1.29, 1.82) is 0 Å². The van der Waals surface area contributed by atoms with Crippen LogP contribution in [0.5, 0.6) is 11.5 Å². The van der Waals surface area contributed by atoms with Crippen LogP contribution in [-0.4, -0.2) is 19.6 Å². The molecule has 0 unspecified atom stereocenters. The Kier molecular flexibility index (Phi) is 4.57. The minimum atomic E-state index is -2.98. The van der Waals surface area contributed by atoms with Crippen molar-refractivity contribution in [2.45, 2.75) is 6.61 Å². The second-order valence-electron chi connectivity index (χ2n) is 6.01. The molecule has 0 fully saturated rings. The molecular formula is C21H15F2NO4. The van der Waals surface area contributed by atoms with E-state index >= 15 is 0 Å². The van der Waals surface area contributed by atoms with Crippen LogP contribution < -0.4 is 14.8 Å². The molecule has 142 valence electrons. The summed E-state index contributed by atoms with van der Waals surface area (Å²) in [7, 11) is 1.31. The number of anilines is 1. The van der Waals surface area contributed by atoms with Gasteiger partial charge in [-0.15, -0.1) is 0 Å². The first-order valence-corrected chi connectivity index (χ1v) is 8.40. The molecule has 0 atom stereocenters. The van der Waals surface area contributed by atoms with Crippen LogP contribution in [0.25, 0.3) is 21.9 Å². The SMILES string of the molecule is COc1cc(C(=O)Nc2ccc3oc4ccccc4c3c2)ccc1OC(F)F. The number of nitrogens with one attached hydrogen (secondary N) is 1. The lowest BCUT2D eigenvalue weighted by Crippen LogP contribution is -2.12. The number of alkyl halides is 2. The zero-order valence-electron chi connectivity index (χ0n) is 14.7. The average molecular weight is 383 g/mol. The fourth-order valence-corrected chi connectivity index (χ4v) is 3.01. The topological polar surface area (TPSA) is 60.7 Å². The van der Waals surface area contributed by atoms with E-state index in [0.717, 1.165) is 21.9 Å². The van der Waals surface area contributed by atoms with E-state index in [-0.39, 0.29) is 17.1 Å². The Balaban J connectivity index is 1.62. The van der Waals surface area contributed by atoms with Gasteiger partial charge in [0.1, 0.15) is 11.2 Å². The maximum atomic E-state index is 12.6. The Labute approximate surface area is 158 Å². The lowest BCUT2D eigenvalue weighted by atomic mass is 10.1. The van der Waals surface area contributed by atoms with E-state index in [0.29, 0.717) is 5.69 Å². The Hall–Kier alpha value is -3.61. The number of halogens is 2. The number of carbonyl (C=O) groups is 1. The predicted octanol–water partition coefficient (Wildman–Crippen LogP) is 5.45. The number of furan rings is 1. The number of methoxy groups -OCH3 is 1. The maximum Gasteiger partial charge on any atom is 0.387 e. The molecule has 0 radical (unpaired) electrons. The van der Waals surface area contributed by atoms with Gasteiger partial charge in [-0.25, -0.2) is 0 Å². The van der Waals surface area contributed by atoms with Gasteiger partial charge in [-0.1, -0.05) is 18.2 Å². The molecule has 1 aromatic heterocycles. The normalized spacial score (nSPS) is 11.1. The van der Waals surface area contributed by atoms with Gasteiger partial charge in [-0.2, -0.15) is 8.78 Å². The van der Waals surface area contributed by atoms with Gasteiger partial charge < -0.3 is 19.2 Å². The van der Waals surface area contributed by atoms with Gasteiger partial charge in [-0.05, 0) is 42.5 Å². The van der Waals surface area contributed by atoms with Gasteiger partial charge in [0, 0.05) is 22.0 Å². The van der Waals surface area contributed by atoms with Crippen LogP contribution in [-0.2, 0) is 0 Å². The second-order valence-corrected chi connectivity index (χ2v) is 6.01. The van der Waals surface area contributed by atoms with Crippen molar-refractivity contribution in [1.82, 2.24) is 0 Å². The number of ether oxygens (including phenoxy) is 2. The van der Waals surface area contributed by atoms with Crippen LogP contribution in [0, 0.1) is 0 Å². The van der Waals surface area contributed by atoms with E-state index < -0.39 is 12.5 Å². The number of hydrogen-bond acceptors (Lipinski definition) is 4. The molecule has 0 saturated carbocycles. The highest BCUT2D eigenvalue weighted by atomic mass is 19.3. The minimum absolute atomic E-state index is 0.0456. The quantitative estimate of drug-likeness (QED) is 0.498. The van der Waals surface area contributed by atoms with Gasteiger partial charge in [0.15, 0.2) is 11.5 Å². The van der Waals surface area contributed by atoms with E-state index in [1.54, 1.807) is 12.1 Å². The first-order chi connectivity index (χ1) is 13.5. The molecule has 0 aliphatic heterocycles. The molecule has 1 heterocycles. The lowest BCUT2D eigenvalue weighted by molar-refractivity contribution is -0.0512. The summed E-state index contributed by atoms with van der Waals surface area (Å²) in [4.78, 5) is 12.6. The van der Waals surface area contributed by atoms with Crippen molar-refractivity contribution >= 4 is 33.5 Å². The average Bonchev–Trinajstić information content (AvgIpc) is 3.06. The number of carbonyl (C=O) groups excluding carboxylic acids is 1. The molecule has 7 heteroatoms. The van der Waals surface area contributed by atoms with Gasteiger partial charge in [0.2, 0.25) is 0 Å². The Bertz CT molecular complexity index is 1170. The van der Waals surface area contributed by atoms with Crippen molar-refractivity contribution in [3.05, 3.63) is 66.2 Å². The Morgan fingerprint density at radius 1 is 0.964 bits per heavy atom. The monoisotopic (exact) mass is 383 g/mol. The number of para-hydroxylation sites is 1. The molecule has 4 rings (SSSR count). The van der Waals surface area contributed by atoms with Crippen LogP contribution in [0.4, 0.5) is 14.5 Å². The molecule has 0 saturated heterocycles. The van der Waals surface area contributed by atoms with Crippen LogP contribution in [0.1, 0.15) is 10.4 Å². The Morgan fingerprint density at radius 3 is 2.54 bits per heavy atom. The zero-order chi connectivity index (χ0) is 19.7. The molecular weight excluding hydrogens is 368 g/mol. The third kappa shape index (κ3) is 3.34. The number of benzene rings is 3. The fourth-order valence-electron chi connectivity index (χ4n) is 3.01. The van der Waals surface area contributed by atoms with E-state index in [9.17, 15) is 13.6 Å². The molecule has 0 bridgehead atoms. The van der Waals surface area contributed by atoms with Crippen LogP contribution in [0.15, 0.2) is 65.1 Å². The van der Waals surface area contributed by atoms with E-state index in [1.807, 2.05) is 30.3 Å². The summed E-state index contributed by atoms with van der Waals surface area (Å²) in [6.45, 7) is -2.98. The molecule has 5 nitrogen and oxygen atoms in total. The highest BCUT2D eigenvalue weighted by Gasteiger charge is 2.15. The molecule has 0 aliphatic rings. The van der Waals surface area contributed by atoms with Crippen LogP contribution >= 0.6 is 0 Å². The second kappa shape index (κ2) is 7.19. The Morgan fingerprint density at radius 2 is 1.75 bits per heavy atom. The van der Waals surface area contributed by atoms with Gasteiger partial charge >= 0.3 is 6.61 Å². The lowest BCUT2D eigenvalue weighted by Gasteiger charge is -2.11. The van der Waals surface area contributed by atoms with E-state index in [4.69, 9.17) is 9.15 Å². The molecule has 0 spiro atoms. The summed E-state index contributed by atoms with van der Waals surface area (Å²) in [5, 5.41) is 4.62. The molecule has 1 amide bonds. The smallest absolute Gasteiger partial charge is 0.387 e. The number of rotatable bonds is 5. The molecule has 4 aromatic rings. The summed E-state index contributed by atoms with van der Waals surface area (Å²) in [5.41, 5.74) is 2.31. The van der Waals surface area contributed by atoms with Gasteiger partial charge in [0.25, 0.3) is 5.91 Å². The number of amides is 1. The molecule has 1 N–H and O–H groups in total. The highest BCUT2D eigenvalue weighted by molar-refractivity contribution is 6.09. The van der Waals surface area contributed by atoms with E-state index in [2.05, 4.69) is 10.1 Å². The number of fused-ring (bicyclic) bond motifs is 3. The summed E-state index contributed by atoms with van der Waals surface area (Å²) >= 11 is 0. The van der Waals surface area contributed by atoms with Gasteiger partial charge in [0.05, 0.1) is 7.11 Å². The summed E-state index contributed by atoms with van der Waals surface area (Å²) in [5.74, 6) is -0.501. The summed E-state index contributed by atoms with van der Waals surface area (Å²) in [6.07, 6.45) is 0. The van der Waals surface area contributed by atoms with Gasteiger partial charge in [-0.3, -0.25) is 4.79 Å². The third-order valence-corrected chi connectivity index (χ3v) is 4.28. The molecule has 3 aromatic carbocycles. The first kappa shape index (κ1) is 17.8. The molecule has 28 heavy (non-hydrogen) atoms. The van der Waals surface area contributed by atoms with Crippen LogP contribution in [0.2, 0.25) is 0 Å². The zero-order valence-corrected chi connectivity index (χ0v) is 14.7.